The minimum absolute atomic E-state index is 0.235. The number of rotatable bonds is 6. The van der Waals surface area contributed by atoms with Crippen molar-refractivity contribution < 1.29 is 22.6 Å². The van der Waals surface area contributed by atoms with Crippen molar-refractivity contribution in [3.63, 3.8) is 0 Å². The van der Waals surface area contributed by atoms with Gasteiger partial charge < -0.3 is 14.8 Å². The number of benzene rings is 1. The molecule has 6 nitrogen and oxygen atoms in total. The third kappa shape index (κ3) is 5.46. The fourth-order valence-corrected chi connectivity index (χ4v) is 3.94. The van der Waals surface area contributed by atoms with Gasteiger partial charge in [-0.05, 0) is 63.8 Å². The maximum atomic E-state index is 12.6. The molecule has 1 aliphatic rings. The van der Waals surface area contributed by atoms with Gasteiger partial charge in [0.1, 0.15) is 11.6 Å². The van der Waals surface area contributed by atoms with Crippen LogP contribution in [-0.2, 0) is 4.74 Å². The monoisotopic (exact) mass is 434 g/mol. The summed E-state index contributed by atoms with van der Waals surface area (Å²) in [7, 11) is 0. The standard InChI is InChI=1S/C22H25F3N4O2/c1-14(2)30-17-8-6-16(7-9-17)27-20-10-11-21-26-13-19(29(21)28-20)15-4-3-5-18(12-15)31-22(23,24)25/h3-5,10-14,16-17H,6-9H2,1-2H3,(H,27,28)/t16-,17-. The Balaban J connectivity index is 1.50. The fourth-order valence-electron chi connectivity index (χ4n) is 3.94. The lowest BCUT2D eigenvalue weighted by Crippen LogP contribution is -2.31. The van der Waals surface area contributed by atoms with Gasteiger partial charge in [0.15, 0.2) is 5.65 Å². The van der Waals surface area contributed by atoms with Crippen LogP contribution in [-0.4, -0.2) is 39.2 Å². The molecule has 0 bridgehead atoms. The highest BCUT2D eigenvalue weighted by Crippen LogP contribution is 2.29. The molecule has 1 saturated carbocycles. The van der Waals surface area contributed by atoms with Crippen LogP contribution in [0.15, 0.2) is 42.6 Å². The molecule has 0 atom stereocenters. The van der Waals surface area contributed by atoms with E-state index in [1.165, 1.54) is 18.2 Å². The first-order chi connectivity index (χ1) is 14.8. The summed E-state index contributed by atoms with van der Waals surface area (Å²) in [6.45, 7) is 4.11. The number of fused-ring (bicyclic) bond motifs is 1. The number of halogens is 3. The molecular formula is C22H25F3N4O2. The van der Waals surface area contributed by atoms with Crippen molar-refractivity contribution >= 4 is 11.5 Å². The largest absolute Gasteiger partial charge is 0.573 e. The smallest absolute Gasteiger partial charge is 0.406 e. The van der Waals surface area contributed by atoms with Crippen LogP contribution in [0.5, 0.6) is 5.75 Å². The first kappa shape index (κ1) is 21.4. The van der Waals surface area contributed by atoms with Crippen LogP contribution in [0.2, 0.25) is 0 Å². The molecule has 1 aliphatic carbocycles. The summed E-state index contributed by atoms with van der Waals surface area (Å²) < 4.78 is 49.3. The number of anilines is 1. The molecule has 4 rings (SSSR count). The van der Waals surface area contributed by atoms with Crippen LogP contribution in [0.3, 0.4) is 0 Å². The van der Waals surface area contributed by atoms with Crippen molar-refractivity contribution in [3.8, 4) is 17.0 Å². The number of imidazole rings is 1. The van der Waals surface area contributed by atoms with E-state index >= 15 is 0 Å². The molecule has 31 heavy (non-hydrogen) atoms. The zero-order chi connectivity index (χ0) is 22.0. The van der Waals surface area contributed by atoms with E-state index in [1.807, 2.05) is 12.1 Å². The number of alkyl halides is 3. The molecule has 166 valence electrons. The van der Waals surface area contributed by atoms with Crippen LogP contribution in [0.4, 0.5) is 19.0 Å². The SMILES string of the molecule is CC(C)O[C@H]1CC[C@H](Nc2ccc3ncc(-c4cccc(OC(F)(F)F)c4)n3n2)CC1. The summed E-state index contributed by atoms with van der Waals surface area (Å²) in [5.74, 6) is 0.414. The summed E-state index contributed by atoms with van der Waals surface area (Å²) in [6, 6.07) is 9.80. The van der Waals surface area contributed by atoms with Crippen molar-refractivity contribution in [2.45, 2.75) is 64.1 Å². The van der Waals surface area contributed by atoms with E-state index in [2.05, 4.69) is 34.0 Å². The third-order valence-corrected chi connectivity index (χ3v) is 5.22. The second kappa shape index (κ2) is 8.74. The third-order valence-electron chi connectivity index (χ3n) is 5.22. The molecule has 0 radical (unpaired) electrons. The molecule has 0 saturated heterocycles. The summed E-state index contributed by atoms with van der Waals surface area (Å²) in [5, 5.41) is 8.10. The van der Waals surface area contributed by atoms with Crippen molar-refractivity contribution in [1.82, 2.24) is 14.6 Å². The molecule has 0 aliphatic heterocycles. The molecule has 1 aromatic carbocycles. The Hall–Kier alpha value is -2.81. The topological polar surface area (TPSA) is 60.7 Å². The van der Waals surface area contributed by atoms with E-state index in [1.54, 1.807) is 16.8 Å². The Bertz CT molecular complexity index is 1030. The van der Waals surface area contributed by atoms with Gasteiger partial charge in [0.2, 0.25) is 0 Å². The number of nitrogens with one attached hydrogen (secondary N) is 1. The van der Waals surface area contributed by atoms with E-state index in [0.717, 1.165) is 25.7 Å². The second-order valence-electron chi connectivity index (χ2n) is 8.01. The van der Waals surface area contributed by atoms with Crippen LogP contribution >= 0.6 is 0 Å². The maximum Gasteiger partial charge on any atom is 0.573 e. The Kier molecular flexibility index (Phi) is 6.04. The van der Waals surface area contributed by atoms with Crippen LogP contribution in [0.1, 0.15) is 39.5 Å². The fraction of sp³-hybridized carbons (Fsp3) is 0.455. The molecule has 0 unspecified atom stereocenters. The van der Waals surface area contributed by atoms with E-state index in [-0.39, 0.29) is 11.9 Å². The van der Waals surface area contributed by atoms with E-state index in [4.69, 9.17) is 4.74 Å². The lowest BCUT2D eigenvalue weighted by Gasteiger charge is -2.30. The number of hydrogen-bond donors (Lipinski definition) is 1. The van der Waals surface area contributed by atoms with Crippen molar-refractivity contribution in [3.05, 3.63) is 42.6 Å². The Morgan fingerprint density at radius 1 is 1.10 bits per heavy atom. The predicted octanol–water partition coefficient (Wildman–Crippen LogP) is 5.44. The molecular weight excluding hydrogens is 409 g/mol. The minimum atomic E-state index is -4.74. The lowest BCUT2D eigenvalue weighted by atomic mass is 9.93. The number of ether oxygens (including phenoxy) is 2. The Labute approximate surface area is 178 Å². The van der Waals surface area contributed by atoms with Gasteiger partial charge >= 0.3 is 6.36 Å². The number of nitrogens with zero attached hydrogens (tertiary/aromatic N) is 3. The quantitative estimate of drug-likeness (QED) is 0.560. The molecule has 1 N–H and O–H groups in total. The highest BCUT2D eigenvalue weighted by Gasteiger charge is 2.31. The van der Waals surface area contributed by atoms with E-state index in [0.29, 0.717) is 34.9 Å². The first-order valence-electron chi connectivity index (χ1n) is 10.4. The van der Waals surface area contributed by atoms with Gasteiger partial charge in [-0.1, -0.05) is 12.1 Å². The van der Waals surface area contributed by atoms with Crippen LogP contribution < -0.4 is 10.1 Å². The van der Waals surface area contributed by atoms with Gasteiger partial charge in [0, 0.05) is 11.6 Å². The van der Waals surface area contributed by atoms with Gasteiger partial charge in [0.25, 0.3) is 0 Å². The first-order valence-corrected chi connectivity index (χ1v) is 10.4. The van der Waals surface area contributed by atoms with Crippen LogP contribution in [0.25, 0.3) is 16.9 Å². The highest BCUT2D eigenvalue weighted by molar-refractivity contribution is 5.65. The molecule has 0 spiro atoms. The number of hydrogen-bond acceptors (Lipinski definition) is 5. The van der Waals surface area contributed by atoms with Gasteiger partial charge in [-0.15, -0.1) is 18.3 Å². The van der Waals surface area contributed by atoms with Gasteiger partial charge in [0.05, 0.1) is 24.1 Å². The molecule has 2 aromatic heterocycles. The molecule has 3 aromatic rings. The van der Waals surface area contributed by atoms with Crippen LogP contribution in [0, 0.1) is 0 Å². The van der Waals surface area contributed by atoms with Crippen molar-refractivity contribution in [2.75, 3.05) is 5.32 Å². The highest BCUT2D eigenvalue weighted by atomic mass is 19.4. The van der Waals surface area contributed by atoms with Gasteiger partial charge in [-0.25, -0.2) is 9.50 Å². The molecule has 1 fully saturated rings. The van der Waals surface area contributed by atoms with Gasteiger partial charge in [-0.3, -0.25) is 0 Å². The zero-order valence-electron chi connectivity index (χ0n) is 17.4. The summed E-state index contributed by atoms with van der Waals surface area (Å²) >= 11 is 0. The second-order valence-corrected chi connectivity index (χ2v) is 8.01. The minimum Gasteiger partial charge on any atom is -0.406 e. The average Bonchev–Trinajstić information content (AvgIpc) is 3.11. The average molecular weight is 434 g/mol. The van der Waals surface area contributed by atoms with Gasteiger partial charge in [-0.2, -0.15) is 0 Å². The normalized spacial score (nSPS) is 19.7. The molecule has 0 amide bonds. The van der Waals surface area contributed by atoms with E-state index < -0.39 is 6.36 Å². The number of aromatic nitrogens is 3. The van der Waals surface area contributed by atoms with E-state index in [9.17, 15) is 13.2 Å². The summed E-state index contributed by atoms with van der Waals surface area (Å²) in [5.41, 5.74) is 1.72. The summed E-state index contributed by atoms with van der Waals surface area (Å²) in [4.78, 5) is 4.32. The Morgan fingerprint density at radius 2 is 1.87 bits per heavy atom. The Morgan fingerprint density at radius 3 is 2.58 bits per heavy atom. The predicted molar refractivity (Wildman–Crippen MR) is 111 cm³/mol. The molecule has 2 heterocycles. The van der Waals surface area contributed by atoms with Crippen molar-refractivity contribution in [2.24, 2.45) is 0 Å². The summed E-state index contributed by atoms with van der Waals surface area (Å²) in [6.07, 6.45) is 1.37. The van der Waals surface area contributed by atoms with Crippen molar-refractivity contribution in [1.29, 1.82) is 0 Å². The zero-order valence-corrected chi connectivity index (χ0v) is 17.4. The lowest BCUT2D eigenvalue weighted by molar-refractivity contribution is -0.274. The maximum absolute atomic E-state index is 12.6. The molecule has 9 heteroatoms.